The molecule has 0 saturated heterocycles. The first-order valence-corrected chi connectivity index (χ1v) is 6.72. The Labute approximate surface area is 113 Å². The maximum Gasteiger partial charge on any atom is 0.246 e. The molecule has 1 rings (SSSR count). The van der Waals surface area contributed by atoms with E-state index in [0.29, 0.717) is 13.1 Å². The van der Waals surface area contributed by atoms with Gasteiger partial charge in [-0.15, -0.1) is 17.9 Å². The largest absolute Gasteiger partial charge is 0.395 e. The number of thiophene rings is 1. The average molecular weight is 316 g/mol. The van der Waals surface area contributed by atoms with Crippen LogP contribution in [0.15, 0.2) is 34.7 Å². The van der Waals surface area contributed by atoms with E-state index in [0.717, 1.165) is 8.66 Å². The van der Waals surface area contributed by atoms with Gasteiger partial charge in [-0.05, 0) is 34.1 Å². The van der Waals surface area contributed by atoms with Crippen molar-refractivity contribution in [2.45, 2.75) is 0 Å². The van der Waals surface area contributed by atoms with Crippen LogP contribution in [0.4, 0.5) is 0 Å². The highest BCUT2D eigenvalue weighted by molar-refractivity contribution is 9.11. The van der Waals surface area contributed by atoms with Crippen molar-refractivity contribution in [2.75, 3.05) is 19.7 Å². The average Bonchev–Trinajstić information content (AvgIpc) is 2.72. The Kier molecular flexibility index (Phi) is 6.18. The van der Waals surface area contributed by atoms with Crippen LogP contribution >= 0.6 is 27.3 Å². The van der Waals surface area contributed by atoms with E-state index in [1.165, 1.54) is 11.0 Å². The van der Waals surface area contributed by atoms with Crippen LogP contribution in [0.2, 0.25) is 0 Å². The first-order chi connectivity index (χ1) is 8.17. The van der Waals surface area contributed by atoms with E-state index in [1.54, 1.807) is 23.5 Å². The lowest BCUT2D eigenvalue weighted by Gasteiger charge is -2.17. The molecule has 0 bridgehead atoms. The Balaban J connectivity index is 2.62. The summed E-state index contributed by atoms with van der Waals surface area (Å²) in [6, 6.07) is 3.87. The third-order valence-corrected chi connectivity index (χ3v) is 3.60. The first kappa shape index (κ1) is 14.2. The Bertz CT molecular complexity index is 414. The molecule has 3 nitrogen and oxygen atoms in total. The SMILES string of the molecule is C=CCN(CCO)C(=O)/C=C/c1ccc(Br)s1. The predicted molar refractivity (Wildman–Crippen MR) is 74.9 cm³/mol. The summed E-state index contributed by atoms with van der Waals surface area (Å²) in [4.78, 5) is 14.3. The number of rotatable bonds is 6. The Morgan fingerprint density at radius 3 is 2.88 bits per heavy atom. The molecule has 0 spiro atoms. The summed E-state index contributed by atoms with van der Waals surface area (Å²) in [5, 5.41) is 8.84. The van der Waals surface area contributed by atoms with E-state index in [4.69, 9.17) is 5.11 Å². The third-order valence-electron chi connectivity index (χ3n) is 2.02. The van der Waals surface area contributed by atoms with E-state index in [-0.39, 0.29) is 12.5 Å². The molecule has 1 heterocycles. The zero-order chi connectivity index (χ0) is 12.7. The summed E-state index contributed by atoms with van der Waals surface area (Å²) in [6.07, 6.45) is 4.92. The Hall–Kier alpha value is -0.910. The minimum absolute atomic E-state index is 0.0437. The normalized spacial score (nSPS) is 10.7. The fraction of sp³-hybridized carbons (Fsp3) is 0.250. The third kappa shape index (κ3) is 4.85. The van der Waals surface area contributed by atoms with Crippen LogP contribution in [0.1, 0.15) is 4.88 Å². The van der Waals surface area contributed by atoms with Crippen LogP contribution in [0, 0.1) is 0 Å². The van der Waals surface area contributed by atoms with Crippen LogP contribution in [0.25, 0.3) is 6.08 Å². The number of amides is 1. The van der Waals surface area contributed by atoms with Gasteiger partial charge >= 0.3 is 0 Å². The molecule has 0 radical (unpaired) electrons. The number of carbonyl (C=O) groups is 1. The second kappa shape index (κ2) is 7.42. The van der Waals surface area contributed by atoms with Crippen LogP contribution in [0.5, 0.6) is 0 Å². The Morgan fingerprint density at radius 2 is 2.35 bits per heavy atom. The van der Waals surface area contributed by atoms with Crippen molar-refractivity contribution < 1.29 is 9.90 Å². The monoisotopic (exact) mass is 315 g/mol. The fourth-order valence-electron chi connectivity index (χ4n) is 1.24. The first-order valence-electron chi connectivity index (χ1n) is 5.11. The summed E-state index contributed by atoms with van der Waals surface area (Å²) in [5.74, 6) is -0.122. The molecule has 0 aromatic carbocycles. The van der Waals surface area contributed by atoms with Crippen LogP contribution in [-0.2, 0) is 4.79 Å². The maximum absolute atomic E-state index is 11.8. The van der Waals surface area contributed by atoms with Crippen molar-refractivity contribution in [2.24, 2.45) is 0 Å². The molecule has 0 atom stereocenters. The van der Waals surface area contributed by atoms with E-state index >= 15 is 0 Å². The number of carbonyl (C=O) groups excluding carboxylic acids is 1. The zero-order valence-corrected chi connectivity index (χ0v) is 11.7. The van der Waals surface area contributed by atoms with Gasteiger partial charge in [-0.2, -0.15) is 0 Å². The second-order valence-corrected chi connectivity index (χ2v) is 5.77. The summed E-state index contributed by atoms with van der Waals surface area (Å²) >= 11 is 4.92. The van der Waals surface area contributed by atoms with Crippen molar-refractivity contribution >= 4 is 39.2 Å². The summed E-state index contributed by atoms with van der Waals surface area (Å²) in [6.45, 7) is 4.30. The van der Waals surface area contributed by atoms with Gasteiger partial charge in [-0.25, -0.2) is 0 Å². The quantitative estimate of drug-likeness (QED) is 0.647. The smallest absolute Gasteiger partial charge is 0.246 e. The van der Waals surface area contributed by atoms with Gasteiger partial charge in [0.2, 0.25) is 5.91 Å². The summed E-state index contributed by atoms with van der Waals surface area (Å²) in [5.41, 5.74) is 0. The van der Waals surface area contributed by atoms with Crippen molar-refractivity contribution in [1.29, 1.82) is 0 Å². The summed E-state index contributed by atoms with van der Waals surface area (Å²) < 4.78 is 1.03. The van der Waals surface area contributed by atoms with Crippen LogP contribution in [-0.4, -0.2) is 35.6 Å². The van der Waals surface area contributed by atoms with Crippen LogP contribution in [0.3, 0.4) is 0 Å². The lowest BCUT2D eigenvalue weighted by atomic mass is 10.3. The molecule has 0 unspecified atom stereocenters. The maximum atomic E-state index is 11.8. The molecule has 1 aromatic rings. The van der Waals surface area contributed by atoms with Gasteiger partial charge in [0.1, 0.15) is 0 Å². The number of hydrogen-bond donors (Lipinski definition) is 1. The standard InChI is InChI=1S/C12H14BrNO2S/c1-2-7-14(8-9-15)12(16)6-4-10-3-5-11(13)17-10/h2-6,15H,1,7-9H2/b6-4+. The molecule has 0 fully saturated rings. The van der Waals surface area contributed by atoms with Gasteiger partial charge in [0, 0.05) is 24.0 Å². The molecular formula is C12H14BrNO2S. The van der Waals surface area contributed by atoms with Gasteiger partial charge in [0.15, 0.2) is 0 Å². The number of hydrogen-bond acceptors (Lipinski definition) is 3. The highest BCUT2D eigenvalue weighted by Crippen LogP contribution is 2.22. The number of nitrogens with zero attached hydrogens (tertiary/aromatic N) is 1. The minimum atomic E-state index is -0.122. The molecule has 1 N–H and O–H groups in total. The molecule has 1 aromatic heterocycles. The summed E-state index contributed by atoms with van der Waals surface area (Å²) in [7, 11) is 0. The van der Waals surface area contributed by atoms with E-state index in [2.05, 4.69) is 22.5 Å². The number of aliphatic hydroxyl groups is 1. The topological polar surface area (TPSA) is 40.5 Å². The molecule has 0 saturated carbocycles. The molecule has 0 aliphatic heterocycles. The van der Waals surface area contributed by atoms with Gasteiger partial charge in [-0.3, -0.25) is 4.79 Å². The molecule has 0 aliphatic carbocycles. The molecular weight excluding hydrogens is 302 g/mol. The molecule has 0 aliphatic rings. The number of halogens is 1. The Morgan fingerprint density at radius 1 is 1.59 bits per heavy atom. The highest BCUT2D eigenvalue weighted by Gasteiger charge is 2.07. The van der Waals surface area contributed by atoms with E-state index < -0.39 is 0 Å². The van der Waals surface area contributed by atoms with Crippen molar-refractivity contribution in [3.63, 3.8) is 0 Å². The van der Waals surface area contributed by atoms with E-state index in [1.807, 2.05) is 12.1 Å². The van der Waals surface area contributed by atoms with Crippen molar-refractivity contribution in [1.82, 2.24) is 4.90 Å². The molecule has 1 amide bonds. The number of aliphatic hydroxyl groups excluding tert-OH is 1. The van der Waals surface area contributed by atoms with Gasteiger partial charge in [-0.1, -0.05) is 6.08 Å². The second-order valence-electron chi connectivity index (χ2n) is 3.27. The van der Waals surface area contributed by atoms with Gasteiger partial charge in [0.25, 0.3) is 0 Å². The van der Waals surface area contributed by atoms with Crippen LogP contribution < -0.4 is 0 Å². The predicted octanol–water partition coefficient (Wildman–Crippen LogP) is 2.53. The lowest BCUT2D eigenvalue weighted by molar-refractivity contribution is -0.125. The zero-order valence-electron chi connectivity index (χ0n) is 9.30. The molecule has 5 heteroatoms. The lowest BCUT2D eigenvalue weighted by Crippen LogP contribution is -2.32. The van der Waals surface area contributed by atoms with E-state index in [9.17, 15) is 4.79 Å². The van der Waals surface area contributed by atoms with Gasteiger partial charge in [0.05, 0.1) is 10.4 Å². The fourth-order valence-corrected chi connectivity index (χ4v) is 2.57. The van der Waals surface area contributed by atoms with Crippen molar-refractivity contribution in [3.05, 3.63) is 39.5 Å². The van der Waals surface area contributed by atoms with Crippen molar-refractivity contribution in [3.8, 4) is 0 Å². The minimum Gasteiger partial charge on any atom is -0.395 e. The highest BCUT2D eigenvalue weighted by atomic mass is 79.9. The van der Waals surface area contributed by atoms with Gasteiger partial charge < -0.3 is 10.0 Å². The molecule has 92 valence electrons. The molecule has 17 heavy (non-hydrogen) atoms.